The van der Waals surface area contributed by atoms with Crippen molar-refractivity contribution in [2.45, 2.75) is 45.4 Å². The number of carbonyl (C=O) groups excluding carboxylic acids is 1. The second-order valence-electron chi connectivity index (χ2n) is 7.25. The Bertz CT molecular complexity index is 507. The lowest BCUT2D eigenvalue weighted by molar-refractivity contribution is -0.140. The Kier molecular flexibility index (Phi) is 4.26. The molecule has 1 saturated heterocycles. The van der Waals surface area contributed by atoms with Crippen molar-refractivity contribution >= 4 is 5.91 Å². The van der Waals surface area contributed by atoms with Crippen LogP contribution in [0.2, 0.25) is 0 Å². The van der Waals surface area contributed by atoms with Crippen LogP contribution in [0.3, 0.4) is 0 Å². The number of hydrogen-bond acceptors (Lipinski definition) is 2. The van der Waals surface area contributed by atoms with Gasteiger partial charge < -0.3 is 10.0 Å². The van der Waals surface area contributed by atoms with Gasteiger partial charge in [0.1, 0.15) is 0 Å². The van der Waals surface area contributed by atoms with Crippen LogP contribution in [-0.2, 0) is 11.2 Å². The zero-order chi connectivity index (χ0) is 15.6. The molecule has 0 radical (unpaired) electrons. The molecule has 0 bridgehead atoms. The second-order valence-corrected chi connectivity index (χ2v) is 7.25. The van der Waals surface area contributed by atoms with Crippen molar-refractivity contribution in [3.05, 3.63) is 35.9 Å². The molecular weight excluding hydrogens is 274 g/mol. The van der Waals surface area contributed by atoms with E-state index in [2.05, 4.69) is 24.0 Å². The first-order chi connectivity index (χ1) is 10.6. The van der Waals surface area contributed by atoms with Gasteiger partial charge in [-0.15, -0.1) is 0 Å². The molecule has 1 aliphatic heterocycles. The maximum absolute atomic E-state index is 12.9. The van der Waals surface area contributed by atoms with E-state index in [1.807, 2.05) is 18.2 Å². The third-order valence-electron chi connectivity index (χ3n) is 5.89. The van der Waals surface area contributed by atoms with Gasteiger partial charge in [0.2, 0.25) is 5.91 Å². The Morgan fingerprint density at radius 2 is 1.77 bits per heavy atom. The third kappa shape index (κ3) is 2.91. The number of hydrogen-bond donors (Lipinski definition) is 1. The van der Waals surface area contributed by atoms with E-state index in [0.29, 0.717) is 5.91 Å². The highest BCUT2D eigenvalue weighted by atomic mass is 16.3. The highest BCUT2D eigenvalue weighted by molar-refractivity contribution is 5.85. The molecule has 1 heterocycles. The first-order valence-corrected chi connectivity index (χ1v) is 8.57. The molecule has 3 heteroatoms. The number of aliphatic hydroxyl groups is 1. The molecule has 0 atom stereocenters. The fourth-order valence-electron chi connectivity index (χ4n) is 3.75. The van der Waals surface area contributed by atoms with Crippen molar-refractivity contribution in [3.8, 4) is 0 Å². The summed E-state index contributed by atoms with van der Waals surface area (Å²) >= 11 is 0. The molecule has 0 aromatic heterocycles. The summed E-state index contributed by atoms with van der Waals surface area (Å²) < 4.78 is 0. The molecule has 1 N–H and O–H groups in total. The normalized spacial score (nSPS) is 22.4. The Morgan fingerprint density at radius 3 is 2.27 bits per heavy atom. The van der Waals surface area contributed by atoms with Crippen LogP contribution < -0.4 is 0 Å². The Hall–Kier alpha value is -1.35. The maximum Gasteiger partial charge on any atom is 0.229 e. The topological polar surface area (TPSA) is 40.5 Å². The monoisotopic (exact) mass is 301 g/mol. The van der Waals surface area contributed by atoms with Gasteiger partial charge in [0.15, 0.2) is 0 Å². The van der Waals surface area contributed by atoms with Gasteiger partial charge in [0, 0.05) is 19.7 Å². The molecule has 0 spiro atoms. The first kappa shape index (κ1) is 15.5. The van der Waals surface area contributed by atoms with E-state index in [4.69, 9.17) is 0 Å². The lowest BCUT2D eigenvalue weighted by Crippen LogP contribution is -2.47. The van der Waals surface area contributed by atoms with Crippen LogP contribution in [0.5, 0.6) is 0 Å². The van der Waals surface area contributed by atoms with Crippen molar-refractivity contribution in [2.24, 2.45) is 10.8 Å². The standard InChI is InChI=1S/C19H27NO2/c1-2-18(15-21)10-12-20(13-11-18)17(22)19(8-9-19)14-16-6-4-3-5-7-16/h3-7,21H,2,8-15H2,1H3. The zero-order valence-corrected chi connectivity index (χ0v) is 13.6. The number of benzene rings is 1. The van der Waals surface area contributed by atoms with Crippen LogP contribution in [-0.4, -0.2) is 35.6 Å². The van der Waals surface area contributed by atoms with E-state index in [1.165, 1.54) is 5.56 Å². The lowest BCUT2D eigenvalue weighted by Gasteiger charge is -2.41. The fraction of sp³-hybridized carbons (Fsp3) is 0.632. The summed E-state index contributed by atoms with van der Waals surface area (Å²) in [7, 11) is 0. The number of carbonyl (C=O) groups is 1. The van der Waals surface area contributed by atoms with Crippen LogP contribution in [0.25, 0.3) is 0 Å². The minimum atomic E-state index is -0.132. The Balaban J connectivity index is 1.63. The number of amides is 1. The van der Waals surface area contributed by atoms with E-state index in [1.54, 1.807) is 0 Å². The number of likely N-dealkylation sites (tertiary alicyclic amines) is 1. The van der Waals surface area contributed by atoms with E-state index in [0.717, 1.165) is 51.6 Å². The quantitative estimate of drug-likeness (QED) is 0.908. The smallest absolute Gasteiger partial charge is 0.229 e. The largest absolute Gasteiger partial charge is 0.396 e. The summed E-state index contributed by atoms with van der Waals surface area (Å²) in [5.41, 5.74) is 1.18. The molecule has 1 amide bonds. The predicted molar refractivity (Wildman–Crippen MR) is 87.4 cm³/mol. The Morgan fingerprint density at radius 1 is 1.14 bits per heavy atom. The molecule has 120 valence electrons. The highest BCUT2D eigenvalue weighted by Gasteiger charge is 2.52. The third-order valence-corrected chi connectivity index (χ3v) is 5.89. The van der Waals surface area contributed by atoms with Crippen LogP contribution in [0.4, 0.5) is 0 Å². The molecule has 1 aromatic rings. The molecule has 1 aliphatic carbocycles. The van der Waals surface area contributed by atoms with Crippen molar-refractivity contribution in [2.75, 3.05) is 19.7 Å². The van der Waals surface area contributed by atoms with E-state index < -0.39 is 0 Å². The summed E-state index contributed by atoms with van der Waals surface area (Å²) in [6.45, 7) is 4.01. The van der Waals surface area contributed by atoms with Crippen LogP contribution in [0, 0.1) is 10.8 Å². The van der Waals surface area contributed by atoms with E-state index >= 15 is 0 Å². The van der Waals surface area contributed by atoms with E-state index in [-0.39, 0.29) is 17.4 Å². The fourth-order valence-corrected chi connectivity index (χ4v) is 3.75. The van der Waals surface area contributed by atoms with Crippen LogP contribution in [0.1, 0.15) is 44.6 Å². The van der Waals surface area contributed by atoms with Crippen molar-refractivity contribution in [1.82, 2.24) is 4.90 Å². The van der Waals surface area contributed by atoms with Gasteiger partial charge in [0.05, 0.1) is 5.41 Å². The minimum Gasteiger partial charge on any atom is -0.396 e. The average molecular weight is 301 g/mol. The van der Waals surface area contributed by atoms with Gasteiger partial charge in [-0.3, -0.25) is 4.79 Å². The maximum atomic E-state index is 12.9. The number of piperidine rings is 1. The van der Waals surface area contributed by atoms with E-state index in [9.17, 15) is 9.90 Å². The summed E-state index contributed by atoms with van der Waals surface area (Å²) in [4.78, 5) is 15.0. The molecule has 0 unspecified atom stereocenters. The van der Waals surface area contributed by atoms with Gasteiger partial charge in [-0.05, 0) is 49.5 Å². The van der Waals surface area contributed by atoms with Gasteiger partial charge in [0.25, 0.3) is 0 Å². The summed E-state index contributed by atoms with van der Waals surface area (Å²) in [5.74, 6) is 0.346. The molecule has 3 nitrogen and oxygen atoms in total. The SMILES string of the molecule is CCC1(CO)CCN(C(=O)C2(Cc3ccccc3)CC2)CC1. The van der Waals surface area contributed by atoms with Crippen LogP contribution in [0.15, 0.2) is 30.3 Å². The van der Waals surface area contributed by atoms with Crippen molar-refractivity contribution in [1.29, 1.82) is 0 Å². The summed E-state index contributed by atoms with van der Waals surface area (Å²) in [6, 6.07) is 10.4. The molecule has 3 rings (SSSR count). The molecule has 2 aliphatic rings. The number of aliphatic hydroxyl groups excluding tert-OH is 1. The highest BCUT2D eigenvalue weighted by Crippen LogP contribution is 2.50. The molecule has 22 heavy (non-hydrogen) atoms. The second kappa shape index (κ2) is 6.04. The summed E-state index contributed by atoms with van der Waals surface area (Å²) in [5, 5.41) is 9.63. The average Bonchev–Trinajstić information content (AvgIpc) is 3.36. The van der Waals surface area contributed by atoms with Crippen molar-refractivity contribution in [3.63, 3.8) is 0 Å². The zero-order valence-electron chi connectivity index (χ0n) is 13.6. The Labute approximate surface area is 133 Å². The van der Waals surface area contributed by atoms with Gasteiger partial charge in [-0.1, -0.05) is 37.3 Å². The van der Waals surface area contributed by atoms with Gasteiger partial charge in [-0.2, -0.15) is 0 Å². The number of rotatable bonds is 5. The molecular formula is C19H27NO2. The molecule has 1 aromatic carbocycles. The first-order valence-electron chi connectivity index (χ1n) is 8.57. The lowest BCUT2D eigenvalue weighted by atomic mass is 9.76. The number of nitrogens with zero attached hydrogens (tertiary/aromatic N) is 1. The predicted octanol–water partition coefficient (Wildman–Crippen LogP) is 3.02. The molecule has 2 fully saturated rings. The minimum absolute atomic E-state index is 0.0485. The van der Waals surface area contributed by atoms with Gasteiger partial charge in [-0.25, -0.2) is 0 Å². The molecule has 1 saturated carbocycles. The van der Waals surface area contributed by atoms with Crippen molar-refractivity contribution < 1.29 is 9.90 Å². The van der Waals surface area contributed by atoms with Crippen LogP contribution >= 0.6 is 0 Å². The summed E-state index contributed by atoms with van der Waals surface area (Å²) in [6.07, 6.45) is 5.80. The van der Waals surface area contributed by atoms with Gasteiger partial charge >= 0.3 is 0 Å².